The number of carbonyl (C=O) groups is 1. The Balaban J connectivity index is 1.95. The lowest BCUT2D eigenvalue weighted by Crippen LogP contribution is -2.40. The summed E-state index contributed by atoms with van der Waals surface area (Å²) in [6.45, 7) is 5.03. The number of anilines is 1. The van der Waals surface area contributed by atoms with E-state index < -0.39 is 21.7 Å². The highest BCUT2D eigenvalue weighted by atomic mass is 32.2. The molecule has 1 aliphatic rings. The molecule has 0 saturated carbocycles. The first-order chi connectivity index (χ1) is 11.3. The van der Waals surface area contributed by atoms with Crippen LogP contribution >= 0.6 is 0 Å². The van der Waals surface area contributed by atoms with Gasteiger partial charge in [0.15, 0.2) is 0 Å². The molecule has 6 nitrogen and oxygen atoms in total. The molecule has 1 aromatic rings. The van der Waals surface area contributed by atoms with Gasteiger partial charge < -0.3 is 9.64 Å². The summed E-state index contributed by atoms with van der Waals surface area (Å²) in [5.74, 6) is -0.691. The Morgan fingerprint density at radius 2 is 2.17 bits per heavy atom. The molecule has 1 unspecified atom stereocenters. The molecular weight excluding hydrogens is 328 g/mol. The van der Waals surface area contributed by atoms with Crippen molar-refractivity contribution in [2.24, 2.45) is 0 Å². The summed E-state index contributed by atoms with van der Waals surface area (Å²) in [6, 6.07) is 7.58. The van der Waals surface area contributed by atoms with Crippen LogP contribution in [0.1, 0.15) is 38.2 Å². The molecule has 1 saturated heterocycles. The third-order valence-corrected chi connectivity index (χ3v) is 5.40. The summed E-state index contributed by atoms with van der Waals surface area (Å²) in [5.41, 5.74) is 1.80. The Kier molecular flexibility index (Phi) is 6.37. The fourth-order valence-corrected chi connectivity index (χ4v) is 3.63. The number of sulfonamides is 1. The Morgan fingerprint density at radius 1 is 1.42 bits per heavy atom. The summed E-state index contributed by atoms with van der Waals surface area (Å²) in [7, 11) is -2.07. The van der Waals surface area contributed by atoms with Gasteiger partial charge >= 0.3 is 0 Å². The lowest BCUT2D eigenvalue weighted by atomic mass is 10.0. The van der Waals surface area contributed by atoms with Crippen LogP contribution in [-0.2, 0) is 19.6 Å². The standard InChI is InChI=1S/C17H26N2O4S/c1-13(2)14-6-4-7-15(10-14)19(3)17(20)12-24(21,22)18-11-16-8-5-9-23-16/h4,6-7,10,13,16,18H,5,8-9,11-12H2,1-3H3. The molecule has 1 heterocycles. The molecule has 134 valence electrons. The van der Waals surface area contributed by atoms with E-state index in [4.69, 9.17) is 4.74 Å². The smallest absolute Gasteiger partial charge is 0.243 e. The normalized spacial score (nSPS) is 18.1. The molecule has 0 spiro atoms. The van der Waals surface area contributed by atoms with Crippen LogP contribution in [0, 0.1) is 0 Å². The number of nitrogens with zero attached hydrogens (tertiary/aromatic N) is 1. The van der Waals surface area contributed by atoms with Crippen molar-refractivity contribution in [3.05, 3.63) is 29.8 Å². The molecule has 0 bridgehead atoms. The zero-order valence-corrected chi connectivity index (χ0v) is 15.3. The molecule has 24 heavy (non-hydrogen) atoms. The van der Waals surface area contributed by atoms with Crippen molar-refractivity contribution in [1.29, 1.82) is 0 Å². The van der Waals surface area contributed by atoms with E-state index in [1.165, 1.54) is 4.90 Å². The van der Waals surface area contributed by atoms with E-state index in [0.717, 1.165) is 18.4 Å². The minimum absolute atomic E-state index is 0.0877. The molecule has 1 N–H and O–H groups in total. The van der Waals surface area contributed by atoms with Gasteiger partial charge in [-0.15, -0.1) is 0 Å². The van der Waals surface area contributed by atoms with Crippen molar-refractivity contribution >= 4 is 21.6 Å². The Morgan fingerprint density at radius 3 is 2.79 bits per heavy atom. The second-order valence-electron chi connectivity index (χ2n) is 6.45. The maximum Gasteiger partial charge on any atom is 0.243 e. The summed E-state index contributed by atoms with van der Waals surface area (Å²) in [4.78, 5) is 13.7. The molecule has 2 rings (SSSR count). The summed E-state index contributed by atoms with van der Waals surface area (Å²) >= 11 is 0. The van der Waals surface area contributed by atoms with Gasteiger partial charge in [0.05, 0.1) is 6.10 Å². The average Bonchev–Trinajstić information content (AvgIpc) is 3.05. The van der Waals surface area contributed by atoms with E-state index in [1.54, 1.807) is 13.1 Å². The monoisotopic (exact) mass is 354 g/mol. The van der Waals surface area contributed by atoms with Gasteiger partial charge in [0.25, 0.3) is 0 Å². The highest BCUT2D eigenvalue weighted by Gasteiger charge is 2.23. The first-order valence-electron chi connectivity index (χ1n) is 8.24. The molecule has 1 aromatic carbocycles. The van der Waals surface area contributed by atoms with Crippen LogP contribution in [0.4, 0.5) is 5.69 Å². The minimum atomic E-state index is -3.67. The van der Waals surface area contributed by atoms with Crippen LogP contribution in [0.3, 0.4) is 0 Å². The predicted molar refractivity (Wildman–Crippen MR) is 94.7 cm³/mol. The van der Waals surface area contributed by atoms with Crippen molar-refractivity contribution in [2.45, 2.75) is 38.7 Å². The maximum atomic E-state index is 12.3. The van der Waals surface area contributed by atoms with Crippen molar-refractivity contribution in [3.8, 4) is 0 Å². The molecule has 7 heteroatoms. The van der Waals surface area contributed by atoms with Gasteiger partial charge in [-0.05, 0) is 36.5 Å². The molecule has 0 aliphatic carbocycles. The Labute approximate surface area is 144 Å². The summed E-state index contributed by atoms with van der Waals surface area (Å²) in [5, 5.41) is 0. The molecule has 1 aliphatic heterocycles. The van der Waals surface area contributed by atoms with Gasteiger partial charge in [-0.1, -0.05) is 26.0 Å². The zero-order chi connectivity index (χ0) is 17.7. The van der Waals surface area contributed by atoms with Gasteiger partial charge in [-0.3, -0.25) is 4.79 Å². The lowest BCUT2D eigenvalue weighted by Gasteiger charge is -2.19. The quantitative estimate of drug-likeness (QED) is 0.811. The molecule has 1 fully saturated rings. The highest BCUT2D eigenvalue weighted by Crippen LogP contribution is 2.21. The zero-order valence-electron chi connectivity index (χ0n) is 14.5. The maximum absolute atomic E-state index is 12.3. The third kappa shape index (κ3) is 5.29. The van der Waals surface area contributed by atoms with E-state index in [2.05, 4.69) is 18.6 Å². The summed E-state index contributed by atoms with van der Waals surface area (Å²) < 4.78 is 32.0. The van der Waals surface area contributed by atoms with Crippen LogP contribution in [0.5, 0.6) is 0 Å². The number of amides is 1. The van der Waals surface area contributed by atoms with E-state index in [0.29, 0.717) is 18.2 Å². The average molecular weight is 354 g/mol. The van der Waals surface area contributed by atoms with E-state index >= 15 is 0 Å². The second-order valence-corrected chi connectivity index (χ2v) is 8.25. The first kappa shape index (κ1) is 18.9. The van der Waals surface area contributed by atoms with Gasteiger partial charge in [0, 0.05) is 25.9 Å². The topological polar surface area (TPSA) is 75.7 Å². The SMILES string of the molecule is CC(C)c1cccc(N(C)C(=O)CS(=O)(=O)NCC2CCCO2)c1. The number of rotatable bonds is 7. The van der Waals surface area contributed by atoms with E-state index in [-0.39, 0.29) is 12.6 Å². The van der Waals surface area contributed by atoms with Crippen molar-refractivity contribution in [3.63, 3.8) is 0 Å². The fourth-order valence-electron chi connectivity index (χ4n) is 2.57. The predicted octanol–water partition coefficient (Wildman–Crippen LogP) is 1.87. The van der Waals surface area contributed by atoms with Gasteiger partial charge in [0.1, 0.15) is 5.75 Å². The minimum Gasteiger partial charge on any atom is -0.377 e. The van der Waals surface area contributed by atoms with Crippen molar-refractivity contribution in [1.82, 2.24) is 4.72 Å². The molecule has 1 amide bonds. The van der Waals surface area contributed by atoms with Crippen molar-refractivity contribution in [2.75, 3.05) is 30.9 Å². The lowest BCUT2D eigenvalue weighted by molar-refractivity contribution is -0.116. The summed E-state index contributed by atoms with van der Waals surface area (Å²) in [6.07, 6.45) is 1.70. The van der Waals surface area contributed by atoms with Crippen LogP contribution < -0.4 is 9.62 Å². The number of hydrogen-bond acceptors (Lipinski definition) is 4. The molecular formula is C17H26N2O4S. The van der Waals surface area contributed by atoms with Crippen LogP contribution in [0.15, 0.2) is 24.3 Å². The fraction of sp³-hybridized carbons (Fsp3) is 0.588. The second kappa shape index (κ2) is 8.09. The van der Waals surface area contributed by atoms with Crippen LogP contribution in [-0.4, -0.2) is 46.4 Å². The van der Waals surface area contributed by atoms with E-state index in [9.17, 15) is 13.2 Å². The van der Waals surface area contributed by atoms with Gasteiger partial charge in [-0.25, -0.2) is 13.1 Å². The molecule has 0 aromatic heterocycles. The number of ether oxygens (including phenoxy) is 1. The Hall–Kier alpha value is -1.44. The number of nitrogens with one attached hydrogen (secondary N) is 1. The van der Waals surface area contributed by atoms with Crippen molar-refractivity contribution < 1.29 is 17.9 Å². The highest BCUT2D eigenvalue weighted by molar-refractivity contribution is 7.90. The number of carbonyl (C=O) groups excluding carboxylic acids is 1. The first-order valence-corrected chi connectivity index (χ1v) is 9.89. The van der Waals surface area contributed by atoms with E-state index in [1.807, 2.05) is 18.2 Å². The molecule has 0 radical (unpaired) electrons. The number of hydrogen-bond donors (Lipinski definition) is 1. The van der Waals surface area contributed by atoms with Crippen LogP contribution in [0.25, 0.3) is 0 Å². The van der Waals surface area contributed by atoms with Gasteiger partial charge in [-0.2, -0.15) is 0 Å². The Bertz CT molecular complexity index is 667. The molecule has 1 atom stereocenters. The van der Waals surface area contributed by atoms with Gasteiger partial charge in [0.2, 0.25) is 15.9 Å². The third-order valence-electron chi connectivity index (χ3n) is 4.17. The largest absolute Gasteiger partial charge is 0.377 e. The number of benzene rings is 1. The van der Waals surface area contributed by atoms with Crippen LogP contribution in [0.2, 0.25) is 0 Å².